The number of benzene rings is 1. The first-order valence-corrected chi connectivity index (χ1v) is 9.18. The second kappa shape index (κ2) is 8.25. The van der Waals surface area contributed by atoms with E-state index in [0.29, 0.717) is 5.92 Å². The Labute approximate surface area is 155 Å². The number of likely N-dealkylation sites (tertiary alicyclic amines) is 1. The predicted octanol–water partition coefficient (Wildman–Crippen LogP) is 2.34. The van der Waals surface area contributed by atoms with Gasteiger partial charge in [0.2, 0.25) is 0 Å². The Balaban J connectivity index is 1.55. The highest BCUT2D eigenvalue weighted by atomic mass is 16.5. The maximum Gasteiger partial charge on any atom is 0.193 e. The number of aryl methyl sites for hydroxylation is 2. The number of hydrogen-bond acceptors (Lipinski definition) is 3. The minimum absolute atomic E-state index is 0.527. The summed E-state index contributed by atoms with van der Waals surface area (Å²) >= 11 is 0. The summed E-state index contributed by atoms with van der Waals surface area (Å²) in [5, 5.41) is 7.81. The van der Waals surface area contributed by atoms with Gasteiger partial charge in [0.05, 0.1) is 13.3 Å². The second-order valence-electron chi connectivity index (χ2n) is 6.92. The third-order valence-corrected chi connectivity index (χ3v) is 5.01. The minimum atomic E-state index is 0.527. The van der Waals surface area contributed by atoms with Crippen molar-refractivity contribution in [3.8, 4) is 5.75 Å². The number of aliphatic imine (C=N–C) groups is 1. The van der Waals surface area contributed by atoms with Crippen LogP contribution in [0, 0.1) is 6.92 Å². The average Bonchev–Trinajstić information content (AvgIpc) is 3.28. The van der Waals surface area contributed by atoms with Crippen molar-refractivity contribution in [3.05, 3.63) is 47.3 Å². The van der Waals surface area contributed by atoms with Gasteiger partial charge in [0, 0.05) is 45.8 Å². The molecule has 0 aliphatic carbocycles. The number of rotatable bonds is 5. The summed E-state index contributed by atoms with van der Waals surface area (Å²) in [5.74, 6) is 2.45. The standard InChI is InChI=1S/C20H29N5O/c1-15-5-6-19(26-4)16(11-15)7-9-22-20(21-2)25-10-8-17(14-25)18-12-23-24(3)13-18/h5-6,11-13,17H,7-10,14H2,1-4H3,(H,21,22). The van der Waals surface area contributed by atoms with E-state index in [1.165, 1.54) is 16.7 Å². The summed E-state index contributed by atoms with van der Waals surface area (Å²) in [5.41, 5.74) is 3.80. The summed E-state index contributed by atoms with van der Waals surface area (Å²) in [6.07, 6.45) is 6.14. The Kier molecular flexibility index (Phi) is 5.81. The van der Waals surface area contributed by atoms with Gasteiger partial charge in [-0.15, -0.1) is 0 Å². The lowest BCUT2D eigenvalue weighted by Crippen LogP contribution is -2.40. The van der Waals surface area contributed by atoms with Crippen LogP contribution in [0.1, 0.15) is 29.0 Å². The second-order valence-corrected chi connectivity index (χ2v) is 6.92. The van der Waals surface area contributed by atoms with Gasteiger partial charge in [-0.05, 0) is 37.0 Å². The summed E-state index contributed by atoms with van der Waals surface area (Å²) in [6, 6.07) is 6.31. The highest BCUT2D eigenvalue weighted by molar-refractivity contribution is 5.80. The van der Waals surface area contributed by atoms with Crippen LogP contribution in [0.5, 0.6) is 5.75 Å². The van der Waals surface area contributed by atoms with E-state index in [4.69, 9.17) is 4.74 Å². The number of methoxy groups -OCH3 is 1. The Bertz CT molecular complexity index is 767. The molecule has 1 saturated heterocycles. The molecule has 0 amide bonds. The molecule has 1 aliphatic heterocycles. The van der Waals surface area contributed by atoms with Gasteiger partial charge < -0.3 is 15.0 Å². The van der Waals surface area contributed by atoms with E-state index in [1.54, 1.807) is 7.11 Å². The van der Waals surface area contributed by atoms with Crippen molar-refractivity contribution in [1.29, 1.82) is 0 Å². The molecular weight excluding hydrogens is 326 g/mol. The van der Waals surface area contributed by atoms with E-state index in [9.17, 15) is 0 Å². The third kappa shape index (κ3) is 4.18. The first-order chi connectivity index (χ1) is 12.6. The van der Waals surface area contributed by atoms with Crippen molar-refractivity contribution in [2.75, 3.05) is 33.8 Å². The van der Waals surface area contributed by atoms with Gasteiger partial charge in [0.15, 0.2) is 5.96 Å². The fourth-order valence-corrected chi connectivity index (χ4v) is 3.62. The molecule has 1 aliphatic rings. The zero-order valence-electron chi connectivity index (χ0n) is 16.2. The molecule has 1 atom stereocenters. The molecule has 2 heterocycles. The minimum Gasteiger partial charge on any atom is -0.496 e. The quantitative estimate of drug-likeness (QED) is 0.661. The van der Waals surface area contributed by atoms with E-state index < -0.39 is 0 Å². The van der Waals surface area contributed by atoms with Crippen LogP contribution >= 0.6 is 0 Å². The van der Waals surface area contributed by atoms with Gasteiger partial charge in [-0.25, -0.2) is 0 Å². The SMILES string of the molecule is CN=C(NCCc1cc(C)ccc1OC)N1CCC(c2cnn(C)c2)C1. The molecule has 6 heteroatoms. The maximum absolute atomic E-state index is 5.47. The average molecular weight is 355 g/mol. The molecule has 1 unspecified atom stereocenters. The van der Waals surface area contributed by atoms with Crippen molar-refractivity contribution >= 4 is 5.96 Å². The van der Waals surface area contributed by atoms with Crippen molar-refractivity contribution < 1.29 is 4.74 Å². The lowest BCUT2D eigenvalue weighted by molar-refractivity contribution is 0.409. The van der Waals surface area contributed by atoms with Gasteiger partial charge >= 0.3 is 0 Å². The molecule has 0 bridgehead atoms. The van der Waals surface area contributed by atoms with Crippen molar-refractivity contribution in [3.63, 3.8) is 0 Å². The number of guanidine groups is 1. The molecule has 26 heavy (non-hydrogen) atoms. The Hall–Kier alpha value is -2.50. The topological polar surface area (TPSA) is 54.7 Å². The third-order valence-electron chi connectivity index (χ3n) is 5.01. The van der Waals surface area contributed by atoms with Crippen LogP contribution < -0.4 is 10.1 Å². The first kappa shape index (κ1) is 18.3. The lowest BCUT2D eigenvalue weighted by atomic mass is 10.0. The van der Waals surface area contributed by atoms with Gasteiger partial charge in [-0.1, -0.05) is 17.7 Å². The molecule has 1 fully saturated rings. The molecule has 2 aromatic rings. The largest absolute Gasteiger partial charge is 0.496 e. The van der Waals surface area contributed by atoms with Crippen LogP contribution in [0.2, 0.25) is 0 Å². The zero-order chi connectivity index (χ0) is 18.5. The Morgan fingerprint density at radius 3 is 2.96 bits per heavy atom. The van der Waals surface area contributed by atoms with E-state index in [1.807, 2.05) is 31.0 Å². The monoisotopic (exact) mass is 355 g/mol. The lowest BCUT2D eigenvalue weighted by Gasteiger charge is -2.22. The summed E-state index contributed by atoms with van der Waals surface area (Å²) < 4.78 is 7.35. The first-order valence-electron chi connectivity index (χ1n) is 9.18. The van der Waals surface area contributed by atoms with Crippen LogP contribution in [0.15, 0.2) is 35.6 Å². The van der Waals surface area contributed by atoms with Gasteiger partial charge in [0.1, 0.15) is 5.75 Å². The van der Waals surface area contributed by atoms with Crippen LogP contribution in [-0.4, -0.2) is 54.4 Å². The molecular formula is C20H29N5O. The van der Waals surface area contributed by atoms with Gasteiger partial charge in [-0.2, -0.15) is 5.10 Å². The summed E-state index contributed by atoms with van der Waals surface area (Å²) in [6.45, 7) is 4.95. The van der Waals surface area contributed by atoms with Crippen LogP contribution in [0.3, 0.4) is 0 Å². The van der Waals surface area contributed by atoms with Crippen molar-refractivity contribution in [2.24, 2.45) is 12.0 Å². The normalized spacial score (nSPS) is 17.6. The molecule has 1 aromatic heterocycles. The Morgan fingerprint density at radius 2 is 2.27 bits per heavy atom. The molecule has 1 aromatic carbocycles. The summed E-state index contributed by atoms with van der Waals surface area (Å²) in [7, 11) is 5.55. The van der Waals surface area contributed by atoms with Crippen LogP contribution in [0.25, 0.3) is 0 Å². The zero-order valence-corrected chi connectivity index (χ0v) is 16.2. The van der Waals surface area contributed by atoms with E-state index >= 15 is 0 Å². The molecule has 1 N–H and O–H groups in total. The van der Waals surface area contributed by atoms with Crippen molar-refractivity contribution in [1.82, 2.24) is 20.0 Å². The fraction of sp³-hybridized carbons (Fsp3) is 0.500. The van der Waals surface area contributed by atoms with Gasteiger partial charge in [-0.3, -0.25) is 9.67 Å². The number of nitrogens with zero attached hydrogens (tertiary/aromatic N) is 4. The number of nitrogens with one attached hydrogen (secondary N) is 1. The highest BCUT2D eigenvalue weighted by Gasteiger charge is 2.26. The number of ether oxygens (including phenoxy) is 1. The number of hydrogen-bond donors (Lipinski definition) is 1. The van der Waals surface area contributed by atoms with E-state index in [0.717, 1.165) is 44.2 Å². The molecule has 140 valence electrons. The van der Waals surface area contributed by atoms with E-state index in [-0.39, 0.29) is 0 Å². The van der Waals surface area contributed by atoms with Crippen molar-refractivity contribution in [2.45, 2.75) is 25.7 Å². The van der Waals surface area contributed by atoms with E-state index in [2.05, 4.69) is 45.6 Å². The fourth-order valence-electron chi connectivity index (χ4n) is 3.62. The number of aromatic nitrogens is 2. The molecule has 0 radical (unpaired) electrons. The molecule has 6 nitrogen and oxygen atoms in total. The predicted molar refractivity (Wildman–Crippen MR) is 105 cm³/mol. The summed E-state index contributed by atoms with van der Waals surface area (Å²) in [4.78, 5) is 6.81. The maximum atomic E-state index is 5.47. The Morgan fingerprint density at radius 1 is 1.42 bits per heavy atom. The van der Waals surface area contributed by atoms with Gasteiger partial charge in [0.25, 0.3) is 0 Å². The van der Waals surface area contributed by atoms with Crippen LogP contribution in [-0.2, 0) is 13.5 Å². The molecule has 0 spiro atoms. The smallest absolute Gasteiger partial charge is 0.193 e. The highest BCUT2D eigenvalue weighted by Crippen LogP contribution is 2.26. The molecule has 0 saturated carbocycles. The molecule has 3 rings (SSSR count). The van der Waals surface area contributed by atoms with Crippen LogP contribution in [0.4, 0.5) is 0 Å².